The average molecular weight is 321 g/mol. The SMILES string of the molecule is C=CCN(CC=C)S(=O)(=O)CC(=O)C12CCC1C1C=CC2C1. The summed E-state index contributed by atoms with van der Waals surface area (Å²) in [4.78, 5) is 12.9. The first kappa shape index (κ1) is 15.7. The molecule has 2 fully saturated rings. The molecule has 4 unspecified atom stereocenters. The Hall–Kier alpha value is -1.20. The summed E-state index contributed by atoms with van der Waals surface area (Å²) < 4.78 is 26.4. The van der Waals surface area contributed by atoms with Gasteiger partial charge in [0.2, 0.25) is 10.0 Å². The van der Waals surface area contributed by atoms with Gasteiger partial charge in [0.05, 0.1) is 0 Å². The quantitative estimate of drug-likeness (QED) is 0.644. The van der Waals surface area contributed by atoms with Crippen molar-refractivity contribution < 1.29 is 13.2 Å². The molecule has 0 aliphatic heterocycles. The summed E-state index contributed by atoms with van der Waals surface area (Å²) in [6.07, 6.45) is 10.4. The Morgan fingerprint density at radius 1 is 1.27 bits per heavy atom. The van der Waals surface area contributed by atoms with Crippen molar-refractivity contribution in [1.82, 2.24) is 4.31 Å². The molecule has 0 aromatic carbocycles. The average Bonchev–Trinajstić information content (AvgIpc) is 2.93. The Kier molecular flexibility index (Phi) is 3.89. The first-order valence-electron chi connectivity index (χ1n) is 7.87. The van der Waals surface area contributed by atoms with Crippen LogP contribution in [0.1, 0.15) is 19.3 Å². The zero-order valence-corrected chi connectivity index (χ0v) is 13.6. The van der Waals surface area contributed by atoms with E-state index in [1.165, 1.54) is 16.5 Å². The highest BCUT2D eigenvalue weighted by atomic mass is 32.2. The smallest absolute Gasteiger partial charge is 0.221 e. The molecule has 3 rings (SSSR count). The summed E-state index contributed by atoms with van der Waals surface area (Å²) >= 11 is 0. The highest BCUT2D eigenvalue weighted by Crippen LogP contribution is 2.67. The van der Waals surface area contributed by atoms with Gasteiger partial charge in [-0.2, -0.15) is 4.31 Å². The first-order valence-corrected chi connectivity index (χ1v) is 9.48. The maximum atomic E-state index is 12.9. The molecule has 0 aromatic rings. The lowest BCUT2D eigenvalue weighted by Crippen LogP contribution is -2.52. The highest BCUT2D eigenvalue weighted by molar-refractivity contribution is 7.89. The minimum Gasteiger partial charge on any atom is -0.298 e. The van der Waals surface area contributed by atoms with Crippen LogP contribution in [0, 0.1) is 23.2 Å². The molecular formula is C17H23NO3S. The molecule has 5 heteroatoms. The van der Waals surface area contributed by atoms with E-state index in [0.29, 0.717) is 11.8 Å². The lowest BCUT2D eigenvalue weighted by atomic mass is 9.53. The zero-order chi connectivity index (χ0) is 16.0. The Bertz CT molecular complexity index is 626. The van der Waals surface area contributed by atoms with Crippen LogP contribution in [-0.2, 0) is 14.8 Å². The number of hydrogen-bond donors (Lipinski definition) is 0. The van der Waals surface area contributed by atoms with Crippen LogP contribution >= 0.6 is 0 Å². The van der Waals surface area contributed by atoms with Gasteiger partial charge in [-0.25, -0.2) is 8.42 Å². The fourth-order valence-electron chi connectivity index (χ4n) is 4.62. The second kappa shape index (κ2) is 5.46. The van der Waals surface area contributed by atoms with Gasteiger partial charge in [0.15, 0.2) is 5.78 Å². The molecule has 4 atom stereocenters. The van der Waals surface area contributed by atoms with Gasteiger partial charge >= 0.3 is 0 Å². The lowest BCUT2D eigenvalue weighted by Gasteiger charge is -2.49. The third-order valence-corrected chi connectivity index (χ3v) is 7.43. The van der Waals surface area contributed by atoms with Crippen LogP contribution in [0.5, 0.6) is 0 Å². The molecule has 120 valence electrons. The summed E-state index contributed by atoms with van der Waals surface area (Å²) in [5, 5.41) is 0. The van der Waals surface area contributed by atoms with Crippen LogP contribution in [0.15, 0.2) is 37.5 Å². The molecule has 0 heterocycles. The summed E-state index contributed by atoms with van der Waals surface area (Å²) in [5.74, 6) is 0.646. The third kappa shape index (κ3) is 2.14. The summed E-state index contributed by atoms with van der Waals surface area (Å²) in [6.45, 7) is 7.60. The fourth-order valence-corrected chi connectivity index (χ4v) is 6.07. The minimum absolute atomic E-state index is 0.0845. The predicted octanol–water partition coefficient (Wildman–Crippen LogP) is 2.16. The number of carbonyl (C=O) groups is 1. The van der Waals surface area contributed by atoms with E-state index in [-0.39, 0.29) is 36.0 Å². The van der Waals surface area contributed by atoms with E-state index in [1.54, 1.807) is 0 Å². The summed E-state index contributed by atoms with van der Waals surface area (Å²) in [7, 11) is -3.61. The number of Topliss-reactive ketones (excluding diaryl/α,β-unsaturated/α-hetero) is 1. The molecule has 0 aromatic heterocycles. The highest BCUT2D eigenvalue weighted by Gasteiger charge is 2.64. The topological polar surface area (TPSA) is 54.5 Å². The largest absolute Gasteiger partial charge is 0.298 e. The van der Waals surface area contributed by atoms with Crippen molar-refractivity contribution in [1.29, 1.82) is 0 Å². The van der Waals surface area contributed by atoms with Gasteiger partial charge in [0.25, 0.3) is 0 Å². The lowest BCUT2D eigenvalue weighted by molar-refractivity contribution is -0.138. The number of nitrogens with zero attached hydrogens (tertiary/aromatic N) is 1. The van der Waals surface area contributed by atoms with Crippen LogP contribution in [0.4, 0.5) is 0 Å². The predicted molar refractivity (Wildman–Crippen MR) is 86.7 cm³/mol. The van der Waals surface area contributed by atoms with Gasteiger partial charge in [0.1, 0.15) is 5.75 Å². The van der Waals surface area contributed by atoms with Gasteiger partial charge in [-0.15, -0.1) is 13.2 Å². The van der Waals surface area contributed by atoms with Crippen molar-refractivity contribution in [3.8, 4) is 0 Å². The second-order valence-corrected chi connectivity index (χ2v) is 8.62. The molecular weight excluding hydrogens is 298 g/mol. The van der Waals surface area contributed by atoms with Crippen molar-refractivity contribution in [3.05, 3.63) is 37.5 Å². The maximum Gasteiger partial charge on any atom is 0.221 e. The van der Waals surface area contributed by atoms with E-state index in [2.05, 4.69) is 25.3 Å². The van der Waals surface area contributed by atoms with Crippen molar-refractivity contribution in [2.75, 3.05) is 18.8 Å². The third-order valence-electron chi connectivity index (χ3n) is 5.72. The number of allylic oxidation sites excluding steroid dienone is 2. The molecule has 2 saturated carbocycles. The molecule has 0 amide bonds. The van der Waals surface area contributed by atoms with E-state index in [0.717, 1.165) is 19.3 Å². The van der Waals surface area contributed by atoms with E-state index in [9.17, 15) is 13.2 Å². The molecule has 3 aliphatic rings. The van der Waals surface area contributed by atoms with Crippen LogP contribution < -0.4 is 0 Å². The summed E-state index contributed by atoms with van der Waals surface area (Å²) in [5.41, 5.74) is -0.388. The monoisotopic (exact) mass is 321 g/mol. The molecule has 22 heavy (non-hydrogen) atoms. The van der Waals surface area contributed by atoms with Gasteiger partial charge in [-0.3, -0.25) is 4.79 Å². The maximum absolute atomic E-state index is 12.9. The van der Waals surface area contributed by atoms with Crippen LogP contribution in [0.2, 0.25) is 0 Å². The van der Waals surface area contributed by atoms with Gasteiger partial charge in [-0.1, -0.05) is 24.3 Å². The van der Waals surface area contributed by atoms with E-state index in [1.807, 2.05) is 0 Å². The Morgan fingerprint density at radius 3 is 2.45 bits per heavy atom. The molecule has 0 radical (unpaired) electrons. The second-order valence-electron chi connectivity index (χ2n) is 6.65. The Labute approximate surface area is 132 Å². The standard InChI is InChI=1S/C17H23NO3S/c1-3-9-18(10-4-2)22(20,21)12-16(19)17-8-7-15(17)13-5-6-14(17)11-13/h3-6,13-15H,1-2,7-12H2. The number of hydrogen-bond acceptors (Lipinski definition) is 3. The minimum atomic E-state index is -3.61. The van der Waals surface area contributed by atoms with Gasteiger partial charge in [-0.05, 0) is 37.0 Å². The molecule has 4 nitrogen and oxygen atoms in total. The normalized spacial score (nSPS) is 35.2. The zero-order valence-electron chi connectivity index (χ0n) is 12.8. The van der Waals surface area contributed by atoms with E-state index >= 15 is 0 Å². The molecule has 2 bridgehead atoms. The van der Waals surface area contributed by atoms with Crippen LogP contribution in [0.25, 0.3) is 0 Å². The fraction of sp³-hybridized carbons (Fsp3) is 0.588. The molecule has 0 N–H and O–H groups in total. The van der Waals surface area contributed by atoms with Crippen LogP contribution in [-0.4, -0.2) is 37.3 Å². The van der Waals surface area contributed by atoms with E-state index in [4.69, 9.17) is 0 Å². The molecule has 3 aliphatic carbocycles. The van der Waals surface area contributed by atoms with Crippen molar-refractivity contribution >= 4 is 15.8 Å². The van der Waals surface area contributed by atoms with Crippen molar-refractivity contribution in [2.45, 2.75) is 19.3 Å². The Balaban J connectivity index is 1.78. The van der Waals surface area contributed by atoms with E-state index < -0.39 is 10.0 Å². The molecule has 0 spiro atoms. The van der Waals surface area contributed by atoms with Crippen molar-refractivity contribution in [2.24, 2.45) is 23.2 Å². The number of ketones is 1. The number of fused-ring (bicyclic) bond motifs is 5. The Morgan fingerprint density at radius 2 is 1.95 bits per heavy atom. The number of rotatable bonds is 8. The number of sulfonamides is 1. The first-order chi connectivity index (χ1) is 10.5. The van der Waals surface area contributed by atoms with Gasteiger partial charge < -0.3 is 0 Å². The van der Waals surface area contributed by atoms with Gasteiger partial charge in [0, 0.05) is 18.5 Å². The van der Waals surface area contributed by atoms with Crippen LogP contribution in [0.3, 0.4) is 0 Å². The molecule has 0 saturated heterocycles. The number of carbonyl (C=O) groups excluding carboxylic acids is 1. The van der Waals surface area contributed by atoms with Crippen molar-refractivity contribution in [3.63, 3.8) is 0 Å². The summed E-state index contributed by atoms with van der Waals surface area (Å²) in [6, 6.07) is 0.